The number of nitrogens with zero attached hydrogens (tertiary/aromatic N) is 5. The van der Waals surface area contributed by atoms with Crippen LogP contribution >= 0.6 is 0 Å². The average Bonchev–Trinajstić information content (AvgIpc) is 3.81. The molecule has 2 amide bonds. The molecule has 37 heavy (non-hydrogen) atoms. The van der Waals surface area contributed by atoms with Gasteiger partial charge in [-0.1, -0.05) is 0 Å². The summed E-state index contributed by atoms with van der Waals surface area (Å²) in [7, 11) is 1.59. The maximum absolute atomic E-state index is 13.7. The summed E-state index contributed by atoms with van der Waals surface area (Å²) in [6, 6.07) is 4.77. The fourth-order valence-corrected chi connectivity index (χ4v) is 5.22. The largest absolute Gasteiger partial charge is 0.481 e. The molecule has 5 rings (SSSR count). The van der Waals surface area contributed by atoms with Crippen LogP contribution in [0, 0.1) is 17.8 Å². The summed E-state index contributed by atoms with van der Waals surface area (Å²) in [5.41, 5.74) is 1.93. The van der Waals surface area contributed by atoms with Crippen molar-refractivity contribution in [2.75, 3.05) is 12.4 Å². The number of aromatic nitrogens is 5. The van der Waals surface area contributed by atoms with Crippen molar-refractivity contribution in [1.82, 2.24) is 29.9 Å². The van der Waals surface area contributed by atoms with E-state index < -0.39 is 6.04 Å². The third-order valence-electron chi connectivity index (χ3n) is 7.39. The van der Waals surface area contributed by atoms with Crippen LogP contribution in [-0.2, 0) is 4.79 Å². The van der Waals surface area contributed by atoms with E-state index in [1.54, 1.807) is 47.3 Å². The molecule has 3 aromatic heterocycles. The minimum absolute atomic E-state index is 0.0388. The average molecular weight is 506 g/mol. The van der Waals surface area contributed by atoms with Crippen LogP contribution in [0.4, 0.5) is 5.69 Å². The first-order valence-corrected chi connectivity index (χ1v) is 13.1. The Balaban J connectivity index is 1.35. The smallest absolute Gasteiger partial charge is 0.270 e. The molecule has 3 aromatic rings. The van der Waals surface area contributed by atoms with Crippen LogP contribution in [0.2, 0.25) is 0 Å². The number of hydrogen-bond acceptors (Lipinski definition) is 6. The van der Waals surface area contributed by atoms with Crippen LogP contribution in [0.3, 0.4) is 0 Å². The molecule has 196 valence electrons. The Morgan fingerprint density at radius 3 is 2.43 bits per heavy atom. The van der Waals surface area contributed by atoms with Gasteiger partial charge in [0.25, 0.3) is 5.91 Å². The third-order valence-corrected chi connectivity index (χ3v) is 7.39. The van der Waals surface area contributed by atoms with Gasteiger partial charge in [-0.15, -0.1) is 0 Å². The van der Waals surface area contributed by atoms with Crippen LogP contribution in [0.25, 0.3) is 0 Å². The Bertz CT molecular complexity index is 1250. The zero-order valence-corrected chi connectivity index (χ0v) is 21.8. The molecule has 2 atom stereocenters. The van der Waals surface area contributed by atoms with Crippen molar-refractivity contribution in [3.05, 3.63) is 54.2 Å². The van der Waals surface area contributed by atoms with Gasteiger partial charge in [0.15, 0.2) is 0 Å². The van der Waals surface area contributed by atoms with E-state index in [0.717, 1.165) is 31.2 Å². The Morgan fingerprint density at radius 2 is 1.78 bits per heavy atom. The fourth-order valence-electron chi connectivity index (χ4n) is 5.22. The molecule has 2 fully saturated rings. The highest BCUT2D eigenvalue weighted by atomic mass is 16.5. The van der Waals surface area contributed by atoms with Crippen LogP contribution < -0.4 is 15.4 Å². The topological polar surface area (TPSA) is 116 Å². The van der Waals surface area contributed by atoms with Gasteiger partial charge in [-0.05, 0) is 82.4 Å². The summed E-state index contributed by atoms with van der Waals surface area (Å²) < 4.78 is 8.85. The van der Waals surface area contributed by atoms with E-state index in [2.05, 4.69) is 25.8 Å². The zero-order chi connectivity index (χ0) is 26.1. The number of rotatable bonds is 11. The highest BCUT2D eigenvalue weighted by molar-refractivity contribution is 6.00. The number of hydrogen-bond donors (Lipinski definition) is 2. The second kappa shape index (κ2) is 10.4. The molecular weight excluding hydrogens is 470 g/mol. The number of anilines is 1. The molecule has 3 heterocycles. The van der Waals surface area contributed by atoms with Crippen LogP contribution in [-0.4, -0.2) is 49.5 Å². The van der Waals surface area contributed by atoms with Crippen molar-refractivity contribution in [2.45, 2.75) is 64.6 Å². The van der Waals surface area contributed by atoms with Crippen molar-refractivity contribution in [3.63, 3.8) is 0 Å². The Hall–Kier alpha value is -3.69. The maximum Gasteiger partial charge on any atom is 0.270 e. The molecule has 0 aromatic carbocycles. The zero-order valence-electron chi connectivity index (χ0n) is 21.8. The second-order valence-corrected chi connectivity index (χ2v) is 10.4. The minimum atomic E-state index is -0.623. The van der Waals surface area contributed by atoms with Gasteiger partial charge in [0, 0.05) is 30.2 Å². The quantitative estimate of drug-likeness (QED) is 0.409. The van der Waals surface area contributed by atoms with E-state index in [1.807, 2.05) is 32.9 Å². The Labute approximate surface area is 216 Å². The first-order valence-electron chi connectivity index (χ1n) is 13.1. The molecular formula is C27H35N7O3. The van der Waals surface area contributed by atoms with E-state index >= 15 is 0 Å². The normalized spacial score (nSPS) is 17.0. The van der Waals surface area contributed by atoms with E-state index in [4.69, 9.17) is 4.74 Å². The highest BCUT2D eigenvalue weighted by Crippen LogP contribution is 2.51. The predicted octanol–water partition coefficient (Wildman–Crippen LogP) is 3.85. The molecule has 10 heteroatoms. The fraction of sp³-hybridized carbons (Fsp3) is 0.519. The second-order valence-electron chi connectivity index (χ2n) is 10.4. The van der Waals surface area contributed by atoms with Crippen molar-refractivity contribution >= 4 is 17.5 Å². The van der Waals surface area contributed by atoms with E-state index in [0.29, 0.717) is 29.1 Å². The lowest BCUT2D eigenvalue weighted by Gasteiger charge is -2.27. The summed E-state index contributed by atoms with van der Waals surface area (Å²) in [5.74, 6) is 1.13. The molecule has 0 saturated heterocycles. The minimum Gasteiger partial charge on any atom is -0.481 e. The first kappa shape index (κ1) is 25.0. The highest BCUT2D eigenvalue weighted by Gasteiger charge is 2.48. The van der Waals surface area contributed by atoms with Gasteiger partial charge in [-0.2, -0.15) is 10.2 Å². The Morgan fingerprint density at radius 1 is 1.05 bits per heavy atom. The third kappa shape index (κ3) is 5.38. The van der Waals surface area contributed by atoms with Crippen molar-refractivity contribution in [2.24, 2.45) is 17.8 Å². The van der Waals surface area contributed by atoms with Gasteiger partial charge >= 0.3 is 0 Å². The lowest BCUT2D eigenvalue weighted by molar-refractivity contribution is -0.119. The number of carbonyl (C=O) groups is 2. The van der Waals surface area contributed by atoms with Gasteiger partial charge in [-0.25, -0.2) is 4.98 Å². The molecule has 2 saturated carbocycles. The molecule has 2 N–H and O–H groups in total. The van der Waals surface area contributed by atoms with Crippen molar-refractivity contribution in [3.8, 4) is 5.88 Å². The van der Waals surface area contributed by atoms with E-state index in [9.17, 15) is 9.59 Å². The maximum atomic E-state index is 13.7. The van der Waals surface area contributed by atoms with Gasteiger partial charge < -0.3 is 15.4 Å². The molecule has 0 radical (unpaired) electrons. The SMILES string of the molecule is COc1ncccc1[C@H](C)n1cc(NC(=O)[C@@H](NC(=O)c2ccnn2C(C)C)C(C2CC2)C2CC2)cn1. The lowest BCUT2D eigenvalue weighted by atomic mass is 9.88. The van der Waals surface area contributed by atoms with E-state index in [-0.39, 0.29) is 29.8 Å². The van der Waals surface area contributed by atoms with Gasteiger partial charge in [0.05, 0.1) is 25.0 Å². The number of ether oxygens (including phenoxy) is 1. The van der Waals surface area contributed by atoms with Crippen LogP contribution in [0.1, 0.15) is 74.6 Å². The van der Waals surface area contributed by atoms with Crippen molar-refractivity contribution < 1.29 is 14.3 Å². The van der Waals surface area contributed by atoms with Crippen LogP contribution in [0.15, 0.2) is 43.0 Å². The molecule has 0 spiro atoms. The van der Waals surface area contributed by atoms with Gasteiger partial charge in [0.2, 0.25) is 11.8 Å². The summed E-state index contributed by atoms with van der Waals surface area (Å²) in [4.78, 5) is 31.3. The van der Waals surface area contributed by atoms with Gasteiger partial charge in [-0.3, -0.25) is 19.0 Å². The monoisotopic (exact) mass is 505 g/mol. The standard InChI is InChI=1S/C27H35N7O3/c1-16(2)34-22(11-13-29-34)25(35)32-24(23(18-7-8-18)19-9-10-19)26(36)31-20-14-30-33(15-20)17(3)21-6-5-12-28-27(21)37-4/h5-6,11-19,23-24H,7-10H2,1-4H3,(H,31,36)(H,32,35)/t17-,24-/m0/s1. The number of amides is 2. The molecule has 0 aliphatic heterocycles. The molecule has 0 unspecified atom stereocenters. The predicted molar refractivity (Wildman–Crippen MR) is 138 cm³/mol. The number of carbonyl (C=O) groups excluding carboxylic acids is 2. The molecule has 2 aliphatic carbocycles. The number of pyridine rings is 1. The van der Waals surface area contributed by atoms with Gasteiger partial charge in [0.1, 0.15) is 11.7 Å². The molecule has 10 nitrogen and oxygen atoms in total. The van der Waals surface area contributed by atoms with E-state index in [1.165, 1.54) is 0 Å². The first-order chi connectivity index (χ1) is 17.9. The summed E-state index contributed by atoms with van der Waals surface area (Å²) in [5, 5.41) is 14.9. The number of methoxy groups -OCH3 is 1. The molecule has 2 aliphatic rings. The summed E-state index contributed by atoms with van der Waals surface area (Å²) in [6.07, 6.45) is 11.2. The summed E-state index contributed by atoms with van der Waals surface area (Å²) in [6.45, 7) is 5.95. The Kier molecular flexibility index (Phi) is 6.99. The molecule has 0 bridgehead atoms. The van der Waals surface area contributed by atoms with Crippen molar-refractivity contribution in [1.29, 1.82) is 0 Å². The number of nitrogens with one attached hydrogen (secondary N) is 2. The summed E-state index contributed by atoms with van der Waals surface area (Å²) >= 11 is 0. The van der Waals surface area contributed by atoms with Crippen LogP contribution in [0.5, 0.6) is 5.88 Å². The lowest BCUT2D eigenvalue weighted by Crippen LogP contribution is -2.50.